The van der Waals surface area contributed by atoms with E-state index in [2.05, 4.69) is 15.0 Å². The van der Waals surface area contributed by atoms with Crippen molar-refractivity contribution in [3.8, 4) is 11.4 Å². The number of aliphatic carboxylic acids is 1. The zero-order chi connectivity index (χ0) is 14.8. The smallest absolute Gasteiger partial charge is 0.306 e. The van der Waals surface area contributed by atoms with Gasteiger partial charge in [-0.25, -0.2) is 0 Å². The van der Waals surface area contributed by atoms with Crippen LogP contribution in [0.4, 0.5) is 0 Å². The van der Waals surface area contributed by atoms with Crippen LogP contribution in [0, 0.1) is 11.8 Å². The Morgan fingerprint density at radius 1 is 1.43 bits per heavy atom. The van der Waals surface area contributed by atoms with Gasteiger partial charge in [0, 0.05) is 18.7 Å². The minimum Gasteiger partial charge on any atom is -0.481 e. The fourth-order valence-corrected chi connectivity index (χ4v) is 2.47. The van der Waals surface area contributed by atoms with E-state index >= 15 is 0 Å². The van der Waals surface area contributed by atoms with Crippen molar-refractivity contribution in [3.05, 3.63) is 36.2 Å². The second-order valence-electron chi connectivity index (χ2n) is 5.46. The molecule has 0 spiro atoms. The summed E-state index contributed by atoms with van der Waals surface area (Å²) < 4.78 is 5.25. The second kappa shape index (κ2) is 5.65. The average Bonchev–Trinajstić information content (AvgIpc) is 2.91. The first-order valence-corrected chi connectivity index (χ1v) is 6.96. The molecule has 1 saturated heterocycles. The Bertz CT molecular complexity index is 620. The summed E-state index contributed by atoms with van der Waals surface area (Å²) in [5, 5.41) is 12.9. The van der Waals surface area contributed by atoms with Gasteiger partial charge >= 0.3 is 5.97 Å². The van der Waals surface area contributed by atoms with Gasteiger partial charge in [0.15, 0.2) is 0 Å². The van der Waals surface area contributed by atoms with Crippen LogP contribution < -0.4 is 0 Å². The maximum Gasteiger partial charge on any atom is 0.306 e. The maximum absolute atomic E-state index is 10.9. The molecule has 2 heterocycles. The van der Waals surface area contributed by atoms with E-state index in [1.165, 1.54) is 0 Å². The molecule has 1 aromatic carbocycles. The molecule has 110 valence electrons. The normalized spacial score (nSPS) is 17.4. The summed E-state index contributed by atoms with van der Waals surface area (Å²) in [5.74, 6) is 0.323. The first kappa shape index (κ1) is 13.8. The molecule has 1 N–H and O–H groups in total. The van der Waals surface area contributed by atoms with Crippen LogP contribution in [0.15, 0.2) is 34.9 Å². The van der Waals surface area contributed by atoms with Crippen molar-refractivity contribution in [2.75, 3.05) is 13.1 Å². The van der Waals surface area contributed by atoms with Gasteiger partial charge in [-0.15, -0.1) is 0 Å². The lowest BCUT2D eigenvalue weighted by atomic mass is 9.87. The second-order valence-corrected chi connectivity index (χ2v) is 5.46. The first-order chi connectivity index (χ1) is 10.1. The number of carbonyl (C=O) groups is 1. The molecular formula is C15H17N3O3. The number of hydrogen-bond donors (Lipinski definition) is 1. The fraction of sp³-hybridized carbons (Fsp3) is 0.400. The standard InChI is InChI=1S/C15H17N3O3/c1-10(15(19)20)12-7-18(8-12)9-13-16-14(17-21-13)11-5-3-2-4-6-11/h2-6,10,12H,7-9H2,1H3,(H,19,20). The predicted molar refractivity (Wildman–Crippen MR) is 75.3 cm³/mol. The summed E-state index contributed by atoms with van der Waals surface area (Å²) in [6, 6.07) is 9.66. The van der Waals surface area contributed by atoms with E-state index in [0.717, 1.165) is 18.7 Å². The summed E-state index contributed by atoms with van der Waals surface area (Å²) in [5.41, 5.74) is 0.925. The van der Waals surface area contributed by atoms with E-state index in [9.17, 15) is 4.79 Å². The average molecular weight is 287 g/mol. The number of likely N-dealkylation sites (tertiary alicyclic amines) is 1. The quantitative estimate of drug-likeness (QED) is 0.904. The van der Waals surface area contributed by atoms with Crippen molar-refractivity contribution in [1.82, 2.24) is 15.0 Å². The summed E-state index contributed by atoms with van der Waals surface area (Å²) in [6.45, 7) is 3.85. The lowest BCUT2D eigenvalue weighted by molar-refractivity contribution is -0.145. The van der Waals surface area contributed by atoms with Crippen LogP contribution in [0.2, 0.25) is 0 Å². The van der Waals surface area contributed by atoms with Gasteiger partial charge in [-0.2, -0.15) is 4.98 Å². The minimum atomic E-state index is -0.733. The van der Waals surface area contributed by atoms with Gasteiger partial charge in [0.25, 0.3) is 0 Å². The van der Waals surface area contributed by atoms with Crippen LogP contribution in [0.1, 0.15) is 12.8 Å². The van der Waals surface area contributed by atoms with Crippen LogP contribution in [-0.4, -0.2) is 39.2 Å². The van der Waals surface area contributed by atoms with E-state index in [1.54, 1.807) is 6.92 Å². The maximum atomic E-state index is 10.9. The largest absolute Gasteiger partial charge is 0.481 e. The van der Waals surface area contributed by atoms with Crippen LogP contribution in [-0.2, 0) is 11.3 Å². The molecule has 0 amide bonds. The third kappa shape index (κ3) is 2.95. The Kier molecular flexibility index (Phi) is 3.70. The Labute approximate surface area is 122 Å². The summed E-state index contributed by atoms with van der Waals surface area (Å²) >= 11 is 0. The molecule has 0 saturated carbocycles. The van der Waals surface area contributed by atoms with Gasteiger partial charge in [-0.1, -0.05) is 42.4 Å². The van der Waals surface area contributed by atoms with Gasteiger partial charge < -0.3 is 9.63 Å². The zero-order valence-electron chi connectivity index (χ0n) is 11.8. The van der Waals surface area contributed by atoms with Gasteiger partial charge in [0.05, 0.1) is 12.5 Å². The molecular weight excluding hydrogens is 270 g/mol. The Morgan fingerprint density at radius 2 is 2.14 bits per heavy atom. The van der Waals surface area contributed by atoms with Crippen molar-refractivity contribution >= 4 is 5.97 Å². The Balaban J connectivity index is 1.56. The molecule has 1 atom stereocenters. The molecule has 2 aromatic rings. The highest BCUT2D eigenvalue weighted by molar-refractivity contribution is 5.70. The molecule has 1 unspecified atom stereocenters. The highest BCUT2D eigenvalue weighted by Crippen LogP contribution is 2.25. The van der Waals surface area contributed by atoms with E-state index in [1.807, 2.05) is 30.3 Å². The van der Waals surface area contributed by atoms with Gasteiger partial charge in [0.1, 0.15) is 0 Å². The van der Waals surface area contributed by atoms with Crippen molar-refractivity contribution in [3.63, 3.8) is 0 Å². The van der Waals surface area contributed by atoms with Crippen molar-refractivity contribution in [2.24, 2.45) is 11.8 Å². The van der Waals surface area contributed by atoms with E-state index < -0.39 is 5.97 Å². The van der Waals surface area contributed by atoms with E-state index in [-0.39, 0.29) is 11.8 Å². The minimum absolute atomic E-state index is 0.207. The highest BCUT2D eigenvalue weighted by Gasteiger charge is 2.35. The van der Waals surface area contributed by atoms with Gasteiger partial charge in [0.2, 0.25) is 11.7 Å². The molecule has 21 heavy (non-hydrogen) atoms. The van der Waals surface area contributed by atoms with Crippen LogP contribution in [0.3, 0.4) is 0 Å². The number of nitrogens with zero attached hydrogens (tertiary/aromatic N) is 3. The molecule has 1 aliphatic rings. The van der Waals surface area contributed by atoms with Crippen LogP contribution >= 0.6 is 0 Å². The number of benzene rings is 1. The topological polar surface area (TPSA) is 79.5 Å². The van der Waals surface area contributed by atoms with E-state index in [0.29, 0.717) is 18.3 Å². The molecule has 0 radical (unpaired) electrons. The molecule has 1 aliphatic heterocycles. The van der Waals surface area contributed by atoms with Crippen LogP contribution in [0.25, 0.3) is 11.4 Å². The predicted octanol–water partition coefficient (Wildman–Crippen LogP) is 1.89. The van der Waals surface area contributed by atoms with Gasteiger partial charge in [-0.05, 0) is 5.92 Å². The van der Waals surface area contributed by atoms with Gasteiger partial charge in [-0.3, -0.25) is 9.69 Å². The monoisotopic (exact) mass is 287 g/mol. The van der Waals surface area contributed by atoms with Crippen molar-refractivity contribution in [1.29, 1.82) is 0 Å². The number of hydrogen-bond acceptors (Lipinski definition) is 5. The Morgan fingerprint density at radius 3 is 2.81 bits per heavy atom. The molecule has 1 fully saturated rings. The molecule has 0 aliphatic carbocycles. The summed E-state index contributed by atoms with van der Waals surface area (Å²) in [4.78, 5) is 17.4. The molecule has 6 heteroatoms. The van der Waals surface area contributed by atoms with Crippen molar-refractivity contribution < 1.29 is 14.4 Å². The first-order valence-electron chi connectivity index (χ1n) is 6.96. The van der Waals surface area contributed by atoms with E-state index in [4.69, 9.17) is 9.63 Å². The van der Waals surface area contributed by atoms with Crippen LogP contribution in [0.5, 0.6) is 0 Å². The summed E-state index contributed by atoms with van der Waals surface area (Å²) in [7, 11) is 0. The number of rotatable bonds is 5. The highest BCUT2D eigenvalue weighted by atomic mass is 16.5. The Hall–Kier alpha value is -2.21. The number of carboxylic acids is 1. The summed E-state index contributed by atoms with van der Waals surface area (Å²) in [6.07, 6.45) is 0. The molecule has 0 bridgehead atoms. The molecule has 3 rings (SSSR count). The lowest BCUT2D eigenvalue weighted by Gasteiger charge is -2.40. The third-order valence-electron chi connectivity index (χ3n) is 3.94. The fourth-order valence-electron chi connectivity index (χ4n) is 2.47. The number of aromatic nitrogens is 2. The third-order valence-corrected chi connectivity index (χ3v) is 3.94. The number of carboxylic acid groups (broad SMARTS) is 1. The SMILES string of the molecule is CC(C(=O)O)C1CN(Cc2nc(-c3ccccc3)no2)C1. The molecule has 6 nitrogen and oxygen atoms in total. The van der Waals surface area contributed by atoms with Crippen molar-refractivity contribution in [2.45, 2.75) is 13.5 Å². The molecule has 1 aromatic heterocycles. The lowest BCUT2D eigenvalue weighted by Crippen LogP contribution is -2.50. The zero-order valence-corrected chi connectivity index (χ0v) is 11.8.